The molecule has 34 heavy (non-hydrogen) atoms. The van der Waals surface area contributed by atoms with E-state index in [4.69, 9.17) is 27.9 Å². The first-order valence-corrected chi connectivity index (χ1v) is 13.9. The van der Waals surface area contributed by atoms with E-state index in [2.05, 4.69) is 0 Å². The van der Waals surface area contributed by atoms with Gasteiger partial charge in [-0.05, 0) is 74.1 Å². The van der Waals surface area contributed by atoms with E-state index in [1.807, 2.05) is 26.8 Å². The number of hydrogen-bond donors (Lipinski definition) is 0. The second-order valence-electron chi connectivity index (χ2n) is 10.2. The number of sulfone groups is 1. The van der Waals surface area contributed by atoms with Crippen molar-refractivity contribution in [2.24, 2.45) is 5.41 Å². The monoisotopic (exact) mass is 523 g/mol. The minimum atomic E-state index is -3.79. The summed E-state index contributed by atoms with van der Waals surface area (Å²) in [4.78, 5) is 15.5. The van der Waals surface area contributed by atoms with E-state index in [0.29, 0.717) is 47.4 Å². The molecule has 0 atom stereocenters. The van der Waals surface area contributed by atoms with Crippen molar-refractivity contribution in [3.8, 4) is 0 Å². The second kappa shape index (κ2) is 9.45. The van der Waals surface area contributed by atoms with Crippen molar-refractivity contribution in [3.63, 3.8) is 0 Å². The van der Waals surface area contributed by atoms with Gasteiger partial charge in [0.25, 0.3) is 0 Å². The lowest BCUT2D eigenvalue weighted by Crippen LogP contribution is -2.49. The average Bonchev–Trinajstić information content (AvgIpc) is 2.76. The molecule has 0 N–H and O–H groups in total. The van der Waals surface area contributed by atoms with E-state index < -0.39 is 20.0 Å². The zero-order valence-corrected chi connectivity index (χ0v) is 22.1. The number of nitrogens with zero attached hydrogens (tertiary/aromatic N) is 1. The summed E-state index contributed by atoms with van der Waals surface area (Å²) < 4.78 is 32.5. The van der Waals surface area contributed by atoms with Gasteiger partial charge < -0.3 is 9.64 Å². The Morgan fingerprint density at radius 1 is 1.03 bits per heavy atom. The van der Waals surface area contributed by atoms with Gasteiger partial charge in [0.1, 0.15) is 4.75 Å². The fourth-order valence-corrected chi connectivity index (χ4v) is 7.13. The van der Waals surface area contributed by atoms with Crippen LogP contribution in [0.25, 0.3) is 0 Å². The molecule has 1 saturated carbocycles. The summed E-state index contributed by atoms with van der Waals surface area (Å²) in [5.74, 6) is -0.0159. The summed E-state index contributed by atoms with van der Waals surface area (Å²) >= 11 is 12.7. The highest BCUT2D eigenvalue weighted by molar-refractivity contribution is 7.92. The maximum atomic E-state index is 14.1. The van der Waals surface area contributed by atoms with Gasteiger partial charge in [-0.15, -0.1) is 0 Å². The summed E-state index contributed by atoms with van der Waals surface area (Å²) in [6, 6.07) is 11.7. The Labute approximate surface area is 212 Å². The normalized spacial score (nSPS) is 18.9. The lowest BCUT2D eigenvalue weighted by molar-refractivity contribution is -0.126. The number of amides is 1. The van der Waals surface area contributed by atoms with Crippen molar-refractivity contribution in [1.82, 2.24) is 0 Å². The quantitative estimate of drug-likeness (QED) is 0.454. The van der Waals surface area contributed by atoms with Crippen molar-refractivity contribution in [1.29, 1.82) is 0 Å². The number of carbonyl (C=O) groups excluding carboxylic acids is 1. The summed E-state index contributed by atoms with van der Waals surface area (Å²) in [5, 5.41) is 0.921. The smallest absolute Gasteiger partial charge is 0.232 e. The van der Waals surface area contributed by atoms with Gasteiger partial charge >= 0.3 is 0 Å². The molecule has 1 aliphatic carbocycles. The van der Waals surface area contributed by atoms with Crippen LogP contribution in [-0.2, 0) is 24.1 Å². The molecule has 4 rings (SSSR count). The maximum absolute atomic E-state index is 14.1. The molecule has 5 nitrogen and oxygen atoms in total. The molecular weight excluding hydrogens is 493 g/mol. The Morgan fingerprint density at radius 2 is 1.65 bits per heavy atom. The number of ether oxygens (including phenoxy) is 1. The molecule has 0 aromatic heterocycles. The molecule has 0 bridgehead atoms. The van der Waals surface area contributed by atoms with Gasteiger partial charge in [0, 0.05) is 29.7 Å². The van der Waals surface area contributed by atoms with E-state index in [9.17, 15) is 13.2 Å². The zero-order valence-electron chi connectivity index (χ0n) is 19.8. The minimum Gasteiger partial charge on any atom is -0.381 e. The molecule has 0 radical (unpaired) electrons. The van der Waals surface area contributed by atoms with Crippen LogP contribution in [0.2, 0.25) is 10.0 Å². The van der Waals surface area contributed by atoms with E-state index >= 15 is 0 Å². The SMILES string of the molecule is CC(C)(C)C(=O)N(c1cc(C2(S(=O)(=O)c3ccc(Cl)cc3)CCOCC2)ccc1Cl)C1CCC1. The molecular formula is C26H31Cl2NO4S. The molecule has 1 heterocycles. The number of hydrogen-bond acceptors (Lipinski definition) is 4. The topological polar surface area (TPSA) is 63.7 Å². The van der Waals surface area contributed by atoms with Crippen molar-refractivity contribution in [3.05, 3.63) is 58.1 Å². The van der Waals surface area contributed by atoms with Gasteiger partial charge in [-0.25, -0.2) is 8.42 Å². The molecule has 2 aliphatic rings. The fourth-order valence-electron chi connectivity index (χ4n) is 4.71. The summed E-state index contributed by atoms with van der Waals surface area (Å²) in [7, 11) is -3.79. The number of carbonyl (C=O) groups is 1. The molecule has 2 fully saturated rings. The van der Waals surface area contributed by atoms with Crippen LogP contribution < -0.4 is 4.90 Å². The van der Waals surface area contributed by atoms with E-state index in [1.54, 1.807) is 41.3 Å². The Kier molecular flexibility index (Phi) is 7.09. The largest absolute Gasteiger partial charge is 0.381 e. The highest BCUT2D eigenvalue weighted by Gasteiger charge is 2.48. The van der Waals surface area contributed by atoms with Gasteiger partial charge in [0.2, 0.25) is 5.91 Å². The molecule has 184 valence electrons. The van der Waals surface area contributed by atoms with Crippen LogP contribution in [0.4, 0.5) is 5.69 Å². The predicted octanol–water partition coefficient (Wildman–Crippen LogP) is 6.40. The van der Waals surface area contributed by atoms with Gasteiger partial charge in [-0.2, -0.15) is 0 Å². The first-order chi connectivity index (χ1) is 16.0. The molecule has 1 amide bonds. The molecule has 2 aromatic rings. The van der Waals surface area contributed by atoms with Gasteiger partial charge in [-0.1, -0.05) is 50.0 Å². The van der Waals surface area contributed by atoms with Crippen LogP contribution in [0.15, 0.2) is 47.4 Å². The highest BCUT2D eigenvalue weighted by atomic mass is 35.5. The van der Waals surface area contributed by atoms with Crippen molar-refractivity contribution in [2.75, 3.05) is 18.1 Å². The Morgan fingerprint density at radius 3 is 2.18 bits per heavy atom. The number of benzene rings is 2. The van der Waals surface area contributed by atoms with Crippen LogP contribution in [0.1, 0.15) is 58.4 Å². The summed E-state index contributed by atoms with van der Waals surface area (Å²) in [5.41, 5.74) is 0.623. The third-order valence-corrected chi connectivity index (χ3v) is 10.1. The Balaban J connectivity index is 1.87. The van der Waals surface area contributed by atoms with Crippen LogP contribution in [0.5, 0.6) is 0 Å². The summed E-state index contributed by atoms with van der Waals surface area (Å²) in [6.45, 7) is 6.34. The first-order valence-electron chi connectivity index (χ1n) is 11.7. The average molecular weight is 525 g/mol. The van der Waals surface area contributed by atoms with Crippen molar-refractivity contribution >= 4 is 44.6 Å². The lowest BCUT2D eigenvalue weighted by atomic mass is 9.86. The third kappa shape index (κ3) is 4.50. The summed E-state index contributed by atoms with van der Waals surface area (Å²) in [6.07, 6.45) is 3.50. The van der Waals surface area contributed by atoms with Crippen LogP contribution in [0, 0.1) is 5.41 Å². The minimum absolute atomic E-state index is 0.0159. The molecule has 1 saturated heterocycles. The first kappa shape index (κ1) is 25.5. The third-order valence-electron chi connectivity index (χ3n) is 6.97. The van der Waals surface area contributed by atoms with E-state index in [0.717, 1.165) is 19.3 Å². The standard InChI is InChI=1S/C26H31Cl2NO4S/c1-25(2,3)24(30)29(20-5-4-6-20)23-17-18(7-12-22(23)28)26(13-15-33-16-14-26)34(31,32)21-10-8-19(27)9-11-21/h7-12,17,20H,4-6,13-16H2,1-3H3. The molecule has 1 aliphatic heterocycles. The van der Waals surface area contributed by atoms with Gasteiger partial charge in [0.05, 0.1) is 15.6 Å². The van der Waals surface area contributed by atoms with Gasteiger partial charge in [-0.3, -0.25) is 4.79 Å². The second-order valence-corrected chi connectivity index (χ2v) is 13.3. The highest BCUT2D eigenvalue weighted by Crippen LogP contribution is 2.47. The fraction of sp³-hybridized carbons (Fsp3) is 0.500. The lowest BCUT2D eigenvalue weighted by Gasteiger charge is -2.42. The predicted molar refractivity (Wildman–Crippen MR) is 136 cm³/mol. The van der Waals surface area contributed by atoms with Gasteiger partial charge in [0.15, 0.2) is 9.84 Å². The number of halogens is 2. The Bertz CT molecular complexity index is 1160. The number of rotatable bonds is 5. The van der Waals surface area contributed by atoms with Crippen molar-refractivity contribution in [2.45, 2.75) is 68.6 Å². The van der Waals surface area contributed by atoms with E-state index in [-0.39, 0.29) is 16.8 Å². The van der Waals surface area contributed by atoms with E-state index in [1.165, 1.54) is 0 Å². The molecule has 0 unspecified atom stereocenters. The Hall–Kier alpha value is -1.60. The number of anilines is 1. The molecule has 2 aromatic carbocycles. The molecule has 8 heteroatoms. The van der Waals surface area contributed by atoms with Crippen LogP contribution in [-0.4, -0.2) is 33.6 Å². The van der Waals surface area contributed by atoms with Crippen LogP contribution in [0.3, 0.4) is 0 Å². The van der Waals surface area contributed by atoms with Crippen molar-refractivity contribution < 1.29 is 17.9 Å². The van der Waals surface area contributed by atoms with Crippen LogP contribution >= 0.6 is 23.2 Å². The molecule has 0 spiro atoms. The zero-order chi connectivity index (χ0) is 24.7. The maximum Gasteiger partial charge on any atom is 0.232 e.